The highest BCUT2D eigenvalue weighted by molar-refractivity contribution is 6.76. The molecule has 0 spiro atoms. The molecule has 0 bridgehead atoms. The van der Waals surface area contributed by atoms with E-state index in [1.807, 2.05) is 24.3 Å². The maximum Gasteiger partial charge on any atom is 0.145 e. The first-order valence-corrected chi connectivity index (χ1v) is 12.7. The molecule has 0 aliphatic rings. The van der Waals surface area contributed by atoms with Gasteiger partial charge in [-0.3, -0.25) is 4.99 Å². The summed E-state index contributed by atoms with van der Waals surface area (Å²) in [7, 11) is -1.09. The molecule has 2 rings (SSSR count). The third kappa shape index (κ3) is 7.72. The Bertz CT molecular complexity index is 753. The van der Waals surface area contributed by atoms with Gasteiger partial charge in [0.15, 0.2) is 0 Å². The lowest BCUT2D eigenvalue weighted by Gasteiger charge is -2.14. The Hall–Kier alpha value is -2.51. The topological polar surface area (TPSA) is 93.6 Å². The molecule has 144 valence electrons. The minimum absolute atomic E-state index is 0.322. The molecule has 3 N–H and O–H groups in total. The maximum atomic E-state index is 7.41. The molecular formula is C20H28N4O2Si. The van der Waals surface area contributed by atoms with Crippen LogP contribution in [0.15, 0.2) is 47.6 Å². The van der Waals surface area contributed by atoms with Gasteiger partial charge < -0.3 is 20.6 Å². The van der Waals surface area contributed by atoms with Crippen LogP contribution in [0.2, 0.25) is 25.7 Å². The first-order valence-electron chi connectivity index (χ1n) is 8.97. The predicted octanol–water partition coefficient (Wildman–Crippen LogP) is 4.60. The van der Waals surface area contributed by atoms with Crippen molar-refractivity contribution in [3.05, 3.63) is 48.2 Å². The summed E-state index contributed by atoms with van der Waals surface area (Å²) in [4.78, 5) is 8.53. The summed E-state index contributed by atoms with van der Waals surface area (Å²) in [6.45, 7) is 8.03. The fourth-order valence-corrected chi connectivity index (χ4v) is 3.00. The smallest absolute Gasteiger partial charge is 0.145 e. The molecule has 1 aromatic carbocycles. The van der Waals surface area contributed by atoms with E-state index in [4.69, 9.17) is 20.6 Å². The van der Waals surface area contributed by atoms with Crippen LogP contribution in [0, 0.1) is 5.41 Å². The van der Waals surface area contributed by atoms with E-state index in [2.05, 4.69) is 29.6 Å². The first-order chi connectivity index (χ1) is 12.9. The Balaban J connectivity index is 1.96. The Labute approximate surface area is 162 Å². The number of nitrogens with zero attached hydrogens (tertiary/aromatic N) is 2. The number of ether oxygens (including phenoxy) is 2. The second-order valence-electron chi connectivity index (χ2n) is 7.41. The van der Waals surface area contributed by atoms with E-state index in [0.29, 0.717) is 30.5 Å². The van der Waals surface area contributed by atoms with E-state index in [1.54, 1.807) is 18.3 Å². The molecule has 0 unspecified atom stereocenters. The lowest BCUT2D eigenvalue weighted by Crippen LogP contribution is -2.21. The Morgan fingerprint density at radius 1 is 1.15 bits per heavy atom. The van der Waals surface area contributed by atoms with Gasteiger partial charge in [0, 0.05) is 27.3 Å². The minimum Gasteiger partial charge on any atom is -0.456 e. The number of nitrogen functional groups attached to an aromatic ring is 1. The predicted molar refractivity (Wildman–Crippen MR) is 114 cm³/mol. The van der Waals surface area contributed by atoms with Crippen molar-refractivity contribution in [2.75, 3.05) is 19.1 Å². The van der Waals surface area contributed by atoms with E-state index in [0.717, 1.165) is 23.9 Å². The van der Waals surface area contributed by atoms with Gasteiger partial charge in [0.2, 0.25) is 0 Å². The first kappa shape index (κ1) is 20.8. The van der Waals surface area contributed by atoms with Crippen LogP contribution in [0.25, 0.3) is 0 Å². The number of aliphatic imine (C=N–C) groups is 1. The van der Waals surface area contributed by atoms with Crippen LogP contribution < -0.4 is 10.5 Å². The summed E-state index contributed by atoms with van der Waals surface area (Å²) in [5.41, 5.74) is 7.36. The van der Waals surface area contributed by atoms with Crippen LogP contribution in [0.3, 0.4) is 0 Å². The molecule has 0 saturated carbocycles. The van der Waals surface area contributed by atoms with Crippen LogP contribution in [-0.2, 0) is 4.74 Å². The molecule has 0 atom stereocenters. The van der Waals surface area contributed by atoms with Crippen molar-refractivity contribution in [2.24, 2.45) is 4.99 Å². The summed E-state index contributed by atoms with van der Waals surface area (Å²) < 4.78 is 11.4. The fraction of sp³-hybridized carbons (Fsp3) is 0.350. The van der Waals surface area contributed by atoms with E-state index in [-0.39, 0.29) is 0 Å². The zero-order chi connectivity index (χ0) is 19.7. The summed E-state index contributed by atoms with van der Waals surface area (Å²) in [6, 6.07) is 12.2. The van der Waals surface area contributed by atoms with Crippen molar-refractivity contribution >= 4 is 25.8 Å². The molecule has 0 aliphatic carbocycles. The van der Waals surface area contributed by atoms with Crippen molar-refractivity contribution in [3.63, 3.8) is 0 Å². The molecule has 0 radical (unpaired) electrons. The number of aromatic nitrogens is 1. The summed E-state index contributed by atoms with van der Waals surface area (Å²) >= 11 is 0. The number of hydrogen-bond acceptors (Lipinski definition) is 6. The number of hydrogen-bond donors (Lipinski definition) is 2. The number of pyridine rings is 1. The molecule has 1 heterocycles. The monoisotopic (exact) mass is 384 g/mol. The summed E-state index contributed by atoms with van der Waals surface area (Å²) in [6.07, 6.45) is 3.41. The highest BCUT2D eigenvalue weighted by Gasteiger charge is 2.12. The molecule has 0 amide bonds. The van der Waals surface area contributed by atoms with Crippen LogP contribution >= 0.6 is 0 Å². The molecule has 0 saturated heterocycles. The van der Waals surface area contributed by atoms with Gasteiger partial charge >= 0.3 is 0 Å². The molecule has 1 aromatic heterocycles. The lowest BCUT2D eigenvalue weighted by molar-refractivity contribution is 0.155. The maximum absolute atomic E-state index is 7.41. The molecule has 0 fully saturated rings. The van der Waals surface area contributed by atoms with Crippen molar-refractivity contribution < 1.29 is 9.47 Å². The second kappa shape index (κ2) is 9.99. The van der Waals surface area contributed by atoms with Gasteiger partial charge in [0.05, 0.1) is 11.9 Å². The molecule has 7 heteroatoms. The quantitative estimate of drug-likeness (QED) is 0.356. The zero-order valence-corrected chi connectivity index (χ0v) is 17.2. The van der Waals surface area contributed by atoms with Crippen molar-refractivity contribution in [1.29, 1.82) is 5.41 Å². The number of rotatable bonds is 10. The average Bonchev–Trinajstić information content (AvgIpc) is 2.62. The molecular weight excluding hydrogens is 356 g/mol. The minimum atomic E-state index is -1.09. The van der Waals surface area contributed by atoms with Gasteiger partial charge in [-0.15, -0.1) is 0 Å². The molecule has 2 aromatic rings. The van der Waals surface area contributed by atoms with E-state index in [1.165, 1.54) is 6.21 Å². The SMILES string of the molecule is C[Si](C)(C)CCOCN=C(CC=N)c1ccc(Oc2ccc(N)nc2)cc1. The summed E-state index contributed by atoms with van der Waals surface area (Å²) in [5, 5.41) is 7.41. The molecule has 6 nitrogen and oxygen atoms in total. The van der Waals surface area contributed by atoms with E-state index in [9.17, 15) is 0 Å². The van der Waals surface area contributed by atoms with Gasteiger partial charge in [-0.25, -0.2) is 4.98 Å². The van der Waals surface area contributed by atoms with Gasteiger partial charge in [0.1, 0.15) is 24.0 Å². The zero-order valence-electron chi connectivity index (χ0n) is 16.2. The van der Waals surface area contributed by atoms with Gasteiger partial charge in [-0.2, -0.15) is 0 Å². The van der Waals surface area contributed by atoms with Crippen LogP contribution in [0.1, 0.15) is 12.0 Å². The number of nitrogens with one attached hydrogen (secondary N) is 1. The van der Waals surface area contributed by atoms with Gasteiger partial charge in [-0.05, 0) is 48.0 Å². The van der Waals surface area contributed by atoms with E-state index >= 15 is 0 Å². The Morgan fingerprint density at radius 2 is 1.85 bits per heavy atom. The largest absolute Gasteiger partial charge is 0.456 e. The van der Waals surface area contributed by atoms with Crippen LogP contribution in [-0.4, -0.2) is 38.3 Å². The number of anilines is 1. The number of nitrogens with two attached hydrogens (primary N) is 1. The van der Waals surface area contributed by atoms with Crippen LogP contribution in [0.5, 0.6) is 11.5 Å². The Morgan fingerprint density at radius 3 is 2.44 bits per heavy atom. The fourth-order valence-electron chi connectivity index (χ4n) is 2.24. The molecule has 27 heavy (non-hydrogen) atoms. The third-order valence-electron chi connectivity index (χ3n) is 3.82. The van der Waals surface area contributed by atoms with Crippen molar-refractivity contribution in [1.82, 2.24) is 4.98 Å². The highest BCUT2D eigenvalue weighted by atomic mass is 28.3. The third-order valence-corrected chi connectivity index (χ3v) is 5.53. The average molecular weight is 385 g/mol. The summed E-state index contributed by atoms with van der Waals surface area (Å²) in [5.74, 6) is 1.78. The van der Waals surface area contributed by atoms with Crippen molar-refractivity contribution in [2.45, 2.75) is 32.1 Å². The van der Waals surface area contributed by atoms with Crippen molar-refractivity contribution in [3.8, 4) is 11.5 Å². The molecule has 0 aliphatic heterocycles. The standard InChI is InChI=1S/C20H28N4O2Si/c1-27(2,3)13-12-25-15-24-19(10-11-21)16-4-6-17(7-5-16)26-18-8-9-20(22)23-14-18/h4-9,11,14,21H,10,12-13,15H2,1-3H3,(H2,22,23). The number of benzene rings is 1. The normalized spacial score (nSPS) is 12.0. The highest BCUT2D eigenvalue weighted by Crippen LogP contribution is 2.22. The van der Waals surface area contributed by atoms with Gasteiger partial charge in [0.25, 0.3) is 0 Å². The van der Waals surface area contributed by atoms with Crippen LogP contribution in [0.4, 0.5) is 5.82 Å². The van der Waals surface area contributed by atoms with E-state index < -0.39 is 8.07 Å². The second-order valence-corrected chi connectivity index (χ2v) is 13.0. The Kier molecular flexibility index (Phi) is 7.69. The lowest BCUT2D eigenvalue weighted by atomic mass is 10.1. The van der Waals surface area contributed by atoms with Gasteiger partial charge in [-0.1, -0.05) is 19.6 Å².